The van der Waals surface area contributed by atoms with Crippen molar-refractivity contribution in [2.45, 2.75) is 36.6 Å². The minimum Gasteiger partial charge on any atom is -0.381 e. The van der Waals surface area contributed by atoms with Gasteiger partial charge in [0.05, 0.1) is 11.4 Å². The van der Waals surface area contributed by atoms with Crippen LogP contribution in [0, 0.1) is 6.92 Å². The number of ether oxygens (including phenoxy) is 1. The van der Waals surface area contributed by atoms with Crippen molar-refractivity contribution in [3.63, 3.8) is 0 Å². The number of aromatic nitrogens is 2. The van der Waals surface area contributed by atoms with Crippen LogP contribution in [-0.2, 0) is 11.3 Å². The predicted octanol–water partition coefficient (Wildman–Crippen LogP) is 2.91. The van der Waals surface area contributed by atoms with Gasteiger partial charge < -0.3 is 10.5 Å². The Labute approximate surface area is 129 Å². The molecule has 0 unspecified atom stereocenters. The van der Waals surface area contributed by atoms with Crippen molar-refractivity contribution in [1.82, 2.24) is 9.78 Å². The van der Waals surface area contributed by atoms with Gasteiger partial charge in [-0.25, -0.2) is 4.68 Å². The van der Waals surface area contributed by atoms with Crippen LogP contribution >= 0.6 is 11.8 Å². The first-order valence-corrected chi connectivity index (χ1v) is 8.26. The molecular weight excluding hydrogens is 282 g/mol. The van der Waals surface area contributed by atoms with Gasteiger partial charge in [-0.1, -0.05) is 18.2 Å². The molecule has 0 bridgehead atoms. The van der Waals surface area contributed by atoms with Crippen LogP contribution in [0.4, 0.5) is 0 Å². The van der Waals surface area contributed by atoms with Gasteiger partial charge in [-0.2, -0.15) is 5.10 Å². The van der Waals surface area contributed by atoms with Gasteiger partial charge in [0.2, 0.25) is 0 Å². The number of rotatable bonds is 4. The van der Waals surface area contributed by atoms with Gasteiger partial charge in [-0.3, -0.25) is 0 Å². The van der Waals surface area contributed by atoms with E-state index in [1.165, 1.54) is 5.03 Å². The van der Waals surface area contributed by atoms with Crippen LogP contribution in [0.15, 0.2) is 35.4 Å². The fourth-order valence-corrected chi connectivity index (χ4v) is 3.95. The second-order valence-corrected chi connectivity index (χ2v) is 6.54. The molecule has 0 radical (unpaired) electrons. The van der Waals surface area contributed by atoms with Crippen LogP contribution in [-0.4, -0.2) is 28.2 Å². The van der Waals surface area contributed by atoms with Crippen molar-refractivity contribution >= 4 is 11.8 Å². The van der Waals surface area contributed by atoms with Crippen LogP contribution in [0.3, 0.4) is 0 Å². The molecule has 0 amide bonds. The summed E-state index contributed by atoms with van der Waals surface area (Å²) in [5.41, 5.74) is 9.24. The molecule has 0 saturated carbocycles. The van der Waals surface area contributed by atoms with E-state index in [2.05, 4.69) is 12.1 Å². The average molecular weight is 303 g/mol. The molecule has 0 aliphatic carbocycles. The molecule has 3 rings (SSSR count). The summed E-state index contributed by atoms with van der Waals surface area (Å²) < 4.78 is 7.49. The van der Waals surface area contributed by atoms with Crippen LogP contribution < -0.4 is 5.73 Å². The Kier molecular flexibility index (Phi) is 4.63. The normalized spacial score (nSPS) is 16.3. The average Bonchev–Trinajstić information content (AvgIpc) is 2.85. The minimum atomic E-state index is 0.532. The summed E-state index contributed by atoms with van der Waals surface area (Å²) in [6.45, 7) is 4.28. The smallest absolute Gasteiger partial charge is 0.105 e. The summed E-state index contributed by atoms with van der Waals surface area (Å²) >= 11 is 1.90. The molecule has 4 nitrogen and oxygen atoms in total. The Balaban J connectivity index is 1.96. The van der Waals surface area contributed by atoms with E-state index in [9.17, 15) is 0 Å². The lowest BCUT2D eigenvalue weighted by Crippen LogP contribution is -2.18. The minimum absolute atomic E-state index is 0.532. The zero-order valence-corrected chi connectivity index (χ0v) is 13.1. The molecule has 112 valence electrons. The molecule has 1 aliphatic heterocycles. The van der Waals surface area contributed by atoms with E-state index in [1.807, 2.05) is 41.6 Å². The first-order valence-electron chi connectivity index (χ1n) is 7.38. The third-order valence-electron chi connectivity index (χ3n) is 3.79. The second-order valence-electron chi connectivity index (χ2n) is 5.25. The molecule has 2 aromatic rings. The zero-order chi connectivity index (χ0) is 14.7. The molecule has 2 heterocycles. The maximum absolute atomic E-state index is 5.96. The van der Waals surface area contributed by atoms with Crippen LogP contribution in [0.5, 0.6) is 0 Å². The van der Waals surface area contributed by atoms with Crippen molar-refractivity contribution in [3.05, 3.63) is 41.6 Å². The number of hydrogen-bond acceptors (Lipinski definition) is 4. The number of para-hydroxylation sites is 1. The van der Waals surface area contributed by atoms with Crippen LogP contribution in [0.25, 0.3) is 5.69 Å². The summed E-state index contributed by atoms with van der Waals surface area (Å²) in [5, 5.41) is 6.48. The number of hydrogen-bond donors (Lipinski definition) is 1. The number of nitrogens with zero attached hydrogens (tertiary/aromatic N) is 2. The molecule has 0 atom stereocenters. The summed E-state index contributed by atoms with van der Waals surface area (Å²) in [6, 6.07) is 10.3. The van der Waals surface area contributed by atoms with E-state index in [-0.39, 0.29) is 0 Å². The lowest BCUT2D eigenvalue weighted by atomic mass is 10.2. The van der Waals surface area contributed by atoms with Crippen LogP contribution in [0.2, 0.25) is 0 Å². The Hall–Kier alpha value is -1.30. The van der Waals surface area contributed by atoms with Gasteiger partial charge in [-0.15, -0.1) is 11.8 Å². The summed E-state index contributed by atoms with van der Waals surface area (Å²) in [6.07, 6.45) is 2.18. The van der Waals surface area contributed by atoms with Crippen molar-refractivity contribution in [2.75, 3.05) is 13.2 Å². The topological polar surface area (TPSA) is 53.1 Å². The van der Waals surface area contributed by atoms with E-state index >= 15 is 0 Å². The van der Waals surface area contributed by atoms with Crippen LogP contribution in [0.1, 0.15) is 24.1 Å². The fourth-order valence-electron chi connectivity index (χ4n) is 2.59. The van der Waals surface area contributed by atoms with Gasteiger partial charge >= 0.3 is 0 Å². The monoisotopic (exact) mass is 303 g/mol. The summed E-state index contributed by atoms with van der Waals surface area (Å²) in [7, 11) is 0. The van der Waals surface area contributed by atoms with E-state index in [0.29, 0.717) is 11.8 Å². The Morgan fingerprint density at radius 3 is 2.67 bits per heavy atom. The van der Waals surface area contributed by atoms with Crippen molar-refractivity contribution in [3.8, 4) is 5.69 Å². The quantitative estimate of drug-likeness (QED) is 0.943. The molecule has 1 aromatic carbocycles. The molecular formula is C16H21N3OS. The number of benzene rings is 1. The van der Waals surface area contributed by atoms with E-state index < -0.39 is 0 Å². The van der Waals surface area contributed by atoms with Gasteiger partial charge in [0.25, 0.3) is 0 Å². The first kappa shape index (κ1) is 14.6. The second kappa shape index (κ2) is 6.64. The summed E-state index contributed by atoms with van der Waals surface area (Å²) in [4.78, 5) is 0. The molecule has 2 N–H and O–H groups in total. The standard InChI is InChI=1S/C16H21N3OS/c1-12-15(11-17)16(21-14-7-9-20-10-8-14)19(18-12)13-5-3-2-4-6-13/h2-6,14H,7-11,17H2,1H3. The van der Waals surface area contributed by atoms with E-state index in [0.717, 1.165) is 43.0 Å². The highest BCUT2D eigenvalue weighted by atomic mass is 32.2. The number of aryl methyl sites for hydroxylation is 1. The highest BCUT2D eigenvalue weighted by Gasteiger charge is 2.22. The Morgan fingerprint density at radius 1 is 1.29 bits per heavy atom. The van der Waals surface area contributed by atoms with E-state index in [1.54, 1.807) is 0 Å². The molecule has 0 spiro atoms. The molecule has 1 fully saturated rings. The van der Waals surface area contributed by atoms with Crippen molar-refractivity contribution < 1.29 is 4.74 Å². The highest BCUT2D eigenvalue weighted by Crippen LogP contribution is 2.34. The molecule has 21 heavy (non-hydrogen) atoms. The lowest BCUT2D eigenvalue weighted by Gasteiger charge is -2.22. The highest BCUT2D eigenvalue weighted by molar-refractivity contribution is 7.99. The van der Waals surface area contributed by atoms with Crippen molar-refractivity contribution in [2.24, 2.45) is 5.73 Å². The molecule has 1 aliphatic rings. The lowest BCUT2D eigenvalue weighted by molar-refractivity contribution is 0.1000. The number of thioether (sulfide) groups is 1. The molecule has 5 heteroatoms. The largest absolute Gasteiger partial charge is 0.381 e. The maximum atomic E-state index is 5.96. The zero-order valence-electron chi connectivity index (χ0n) is 12.3. The number of nitrogens with two attached hydrogens (primary N) is 1. The third kappa shape index (κ3) is 3.15. The van der Waals surface area contributed by atoms with Crippen molar-refractivity contribution in [1.29, 1.82) is 0 Å². The predicted molar refractivity (Wildman–Crippen MR) is 85.9 cm³/mol. The van der Waals surface area contributed by atoms with Gasteiger partial charge in [0.15, 0.2) is 0 Å². The maximum Gasteiger partial charge on any atom is 0.105 e. The first-order chi connectivity index (χ1) is 10.3. The SMILES string of the molecule is Cc1nn(-c2ccccc2)c(SC2CCOCC2)c1CN. The molecule has 1 saturated heterocycles. The Morgan fingerprint density at radius 2 is 2.00 bits per heavy atom. The fraction of sp³-hybridized carbons (Fsp3) is 0.438. The van der Waals surface area contributed by atoms with Gasteiger partial charge in [-0.05, 0) is 31.9 Å². The van der Waals surface area contributed by atoms with Gasteiger partial charge in [0.1, 0.15) is 5.03 Å². The Bertz CT molecular complexity index is 591. The third-order valence-corrected chi connectivity index (χ3v) is 5.24. The molecule has 1 aromatic heterocycles. The van der Waals surface area contributed by atoms with E-state index in [4.69, 9.17) is 15.6 Å². The summed E-state index contributed by atoms with van der Waals surface area (Å²) in [5.74, 6) is 0. The van der Waals surface area contributed by atoms with Gasteiger partial charge in [0, 0.05) is 30.6 Å².